The molecular formula is C23H19Cl2FN2O5S2. The van der Waals surface area contributed by atoms with E-state index in [1.165, 1.54) is 42.6 Å². The van der Waals surface area contributed by atoms with Crippen LogP contribution in [-0.4, -0.2) is 34.7 Å². The molecule has 0 saturated carbocycles. The van der Waals surface area contributed by atoms with Gasteiger partial charge in [-0.1, -0.05) is 41.4 Å². The molecule has 0 spiro atoms. The monoisotopic (exact) mass is 556 g/mol. The molecule has 0 saturated heterocycles. The zero-order valence-corrected chi connectivity index (χ0v) is 21.3. The molecule has 12 heteroatoms. The molecule has 4 aromatic rings. The summed E-state index contributed by atoms with van der Waals surface area (Å²) in [5.74, 6) is -1.27. The molecule has 7 nitrogen and oxygen atoms in total. The molecule has 4 rings (SSSR count). The van der Waals surface area contributed by atoms with Crippen molar-refractivity contribution in [1.82, 2.24) is 4.98 Å². The minimum absolute atomic E-state index is 0.0465. The third-order valence-electron chi connectivity index (χ3n) is 5.20. The number of hydrogen-bond acceptors (Lipinski definition) is 5. The van der Waals surface area contributed by atoms with E-state index in [1.807, 2.05) is 0 Å². The first-order chi connectivity index (χ1) is 16.5. The summed E-state index contributed by atoms with van der Waals surface area (Å²) in [6.07, 6.45) is 2.95. The molecule has 1 aromatic heterocycles. The average molecular weight is 557 g/mol. The summed E-state index contributed by atoms with van der Waals surface area (Å²) in [6, 6.07) is 13.0. The van der Waals surface area contributed by atoms with Gasteiger partial charge in [0.2, 0.25) is 0 Å². The fourth-order valence-corrected chi connectivity index (χ4v) is 5.80. The lowest BCUT2D eigenvalue weighted by molar-refractivity contribution is 0.302. The van der Waals surface area contributed by atoms with Crippen molar-refractivity contribution in [3.63, 3.8) is 0 Å². The van der Waals surface area contributed by atoms with Crippen molar-refractivity contribution in [2.24, 2.45) is 0 Å². The molecule has 0 aliphatic heterocycles. The Labute approximate surface area is 211 Å². The van der Waals surface area contributed by atoms with E-state index in [9.17, 15) is 16.8 Å². The molecule has 0 fully saturated rings. The van der Waals surface area contributed by atoms with Gasteiger partial charge >= 0.3 is 0 Å². The van der Waals surface area contributed by atoms with Crippen LogP contribution in [0.25, 0.3) is 10.9 Å². The van der Waals surface area contributed by atoms with E-state index >= 15 is 4.39 Å². The third kappa shape index (κ3) is 5.40. The Balaban J connectivity index is 1.51. The summed E-state index contributed by atoms with van der Waals surface area (Å²) in [7, 11) is -7.63. The predicted octanol–water partition coefficient (Wildman–Crippen LogP) is 5.44. The van der Waals surface area contributed by atoms with Crippen LogP contribution in [0.2, 0.25) is 10.0 Å². The van der Waals surface area contributed by atoms with Crippen molar-refractivity contribution in [1.29, 1.82) is 0 Å². The Morgan fingerprint density at radius 3 is 2.37 bits per heavy atom. The largest absolute Gasteiger partial charge is 0.490 e. The van der Waals surface area contributed by atoms with Crippen LogP contribution in [0, 0.1) is 5.82 Å². The Hall–Kier alpha value is -2.79. The fourth-order valence-electron chi connectivity index (χ4n) is 3.44. The number of benzene rings is 3. The highest BCUT2D eigenvalue weighted by Crippen LogP contribution is 2.36. The molecule has 3 aromatic carbocycles. The lowest BCUT2D eigenvalue weighted by atomic mass is 10.2. The predicted molar refractivity (Wildman–Crippen MR) is 134 cm³/mol. The maximum Gasteiger partial charge on any atom is 0.265 e. The van der Waals surface area contributed by atoms with Gasteiger partial charge in [-0.3, -0.25) is 4.72 Å². The van der Waals surface area contributed by atoms with Crippen molar-refractivity contribution in [3.8, 4) is 5.75 Å². The molecule has 0 atom stereocenters. The number of nitrogens with one attached hydrogen (secondary N) is 2. The first-order valence-electron chi connectivity index (χ1n) is 10.2. The first kappa shape index (κ1) is 25.3. The van der Waals surface area contributed by atoms with E-state index in [2.05, 4.69) is 9.71 Å². The van der Waals surface area contributed by atoms with Crippen LogP contribution in [-0.2, 0) is 26.3 Å². The molecule has 0 unspecified atom stereocenters. The van der Waals surface area contributed by atoms with Gasteiger partial charge in [-0.25, -0.2) is 21.2 Å². The van der Waals surface area contributed by atoms with Crippen molar-refractivity contribution in [2.45, 2.75) is 16.2 Å². The van der Waals surface area contributed by atoms with Gasteiger partial charge in [0.25, 0.3) is 10.0 Å². The molecule has 184 valence electrons. The number of ether oxygens (including phenoxy) is 1. The second kappa shape index (κ2) is 9.69. The topological polar surface area (TPSA) is 105 Å². The summed E-state index contributed by atoms with van der Waals surface area (Å²) < 4.78 is 72.0. The Morgan fingerprint density at radius 1 is 0.971 bits per heavy atom. The van der Waals surface area contributed by atoms with Crippen LogP contribution in [0.5, 0.6) is 5.75 Å². The van der Waals surface area contributed by atoms with Gasteiger partial charge in [0.05, 0.1) is 32.8 Å². The first-order valence-corrected chi connectivity index (χ1v) is 14.3. The standard InChI is InChI=1S/C23H19Cl2FN2O5S2/c1-34(29,30)15-7-5-14(6-8-15)11-12-33-19-3-2-4-20(22(19)26)35(31,32)28-18-10-9-16(24)21-17(25)13-27-23(18)21/h2-10,13,27-28H,11-12H2,1H3. The van der Waals surface area contributed by atoms with E-state index in [4.69, 9.17) is 27.9 Å². The molecule has 1 heterocycles. The molecule has 0 aliphatic carbocycles. The lowest BCUT2D eigenvalue weighted by Gasteiger charge is -2.13. The van der Waals surface area contributed by atoms with Crippen molar-refractivity contribution in [2.75, 3.05) is 17.6 Å². The fraction of sp³-hybridized carbons (Fsp3) is 0.130. The van der Waals surface area contributed by atoms with Gasteiger partial charge in [-0.05, 0) is 42.0 Å². The molecule has 0 aliphatic rings. The van der Waals surface area contributed by atoms with E-state index in [-0.39, 0.29) is 22.9 Å². The number of sulfonamides is 1. The summed E-state index contributed by atoms with van der Waals surface area (Å²) in [6.45, 7) is 0.0465. The van der Waals surface area contributed by atoms with Gasteiger partial charge < -0.3 is 9.72 Å². The van der Waals surface area contributed by atoms with Crippen LogP contribution in [0.4, 0.5) is 10.1 Å². The average Bonchev–Trinajstić information content (AvgIpc) is 3.19. The summed E-state index contributed by atoms with van der Waals surface area (Å²) in [5, 5.41) is 1.09. The highest BCUT2D eigenvalue weighted by Gasteiger charge is 2.24. The quantitative estimate of drug-likeness (QED) is 0.300. The summed E-state index contributed by atoms with van der Waals surface area (Å²) in [5.41, 5.74) is 1.29. The van der Waals surface area contributed by atoms with Gasteiger partial charge in [0.15, 0.2) is 21.4 Å². The lowest BCUT2D eigenvalue weighted by Crippen LogP contribution is -2.15. The number of rotatable bonds is 8. The Kier molecular flexibility index (Phi) is 7.01. The zero-order chi connectivity index (χ0) is 25.4. The molecule has 35 heavy (non-hydrogen) atoms. The summed E-state index contributed by atoms with van der Waals surface area (Å²) >= 11 is 12.3. The Bertz CT molecular complexity index is 1620. The smallest absolute Gasteiger partial charge is 0.265 e. The molecular weight excluding hydrogens is 538 g/mol. The normalized spacial score (nSPS) is 12.1. The molecule has 0 amide bonds. The van der Waals surface area contributed by atoms with Gasteiger partial charge in [0.1, 0.15) is 4.90 Å². The van der Waals surface area contributed by atoms with Crippen LogP contribution >= 0.6 is 23.2 Å². The number of sulfone groups is 1. The minimum Gasteiger partial charge on any atom is -0.490 e. The minimum atomic E-state index is -4.33. The second-order valence-electron chi connectivity index (χ2n) is 7.67. The van der Waals surface area contributed by atoms with Crippen LogP contribution in [0.15, 0.2) is 70.6 Å². The van der Waals surface area contributed by atoms with Crippen LogP contribution in [0.1, 0.15) is 5.56 Å². The maximum absolute atomic E-state index is 15.1. The highest BCUT2D eigenvalue weighted by molar-refractivity contribution is 7.92. The highest BCUT2D eigenvalue weighted by atomic mass is 35.5. The van der Waals surface area contributed by atoms with E-state index in [1.54, 1.807) is 12.1 Å². The number of fused-ring (bicyclic) bond motifs is 1. The Morgan fingerprint density at radius 2 is 1.69 bits per heavy atom. The number of aromatic amines is 1. The number of hydrogen-bond donors (Lipinski definition) is 2. The van der Waals surface area contributed by atoms with E-state index in [0.717, 1.165) is 17.9 Å². The van der Waals surface area contributed by atoms with E-state index < -0.39 is 30.6 Å². The van der Waals surface area contributed by atoms with Crippen molar-refractivity contribution in [3.05, 3.63) is 82.2 Å². The van der Waals surface area contributed by atoms with Crippen LogP contribution in [0.3, 0.4) is 0 Å². The third-order valence-corrected chi connectivity index (χ3v) is 8.32. The maximum atomic E-state index is 15.1. The van der Waals surface area contributed by atoms with Gasteiger partial charge in [-0.15, -0.1) is 0 Å². The zero-order valence-electron chi connectivity index (χ0n) is 18.2. The van der Waals surface area contributed by atoms with Gasteiger partial charge in [0, 0.05) is 24.3 Å². The summed E-state index contributed by atoms with van der Waals surface area (Å²) in [4.78, 5) is 2.46. The van der Waals surface area contributed by atoms with E-state index in [0.29, 0.717) is 27.4 Å². The number of halogens is 3. The molecule has 2 N–H and O–H groups in total. The van der Waals surface area contributed by atoms with Gasteiger partial charge in [-0.2, -0.15) is 0 Å². The second-order valence-corrected chi connectivity index (χ2v) is 12.2. The molecule has 0 bridgehead atoms. The number of aromatic nitrogens is 1. The van der Waals surface area contributed by atoms with Crippen molar-refractivity contribution < 1.29 is 26.0 Å². The van der Waals surface area contributed by atoms with Crippen LogP contribution < -0.4 is 9.46 Å². The van der Waals surface area contributed by atoms with Crippen molar-refractivity contribution >= 4 is 59.7 Å². The number of anilines is 1. The number of H-pyrrole nitrogens is 1. The SMILES string of the molecule is CS(=O)(=O)c1ccc(CCOc2cccc(S(=O)(=O)Nc3ccc(Cl)c4c(Cl)c[nH]c34)c2F)cc1. The molecule has 0 radical (unpaired) electrons.